The van der Waals surface area contributed by atoms with Gasteiger partial charge in [0.2, 0.25) is 0 Å². The van der Waals surface area contributed by atoms with E-state index in [9.17, 15) is 18.7 Å². The summed E-state index contributed by atoms with van der Waals surface area (Å²) < 4.78 is 36.8. The predicted molar refractivity (Wildman–Crippen MR) is 61.4 cm³/mol. The molecule has 2 N–H and O–H groups in total. The maximum atomic E-state index is 13.7. The second-order valence-electron chi connectivity index (χ2n) is 4.04. The van der Waals surface area contributed by atoms with Crippen LogP contribution in [0.5, 0.6) is 11.5 Å². The van der Waals surface area contributed by atoms with Crippen molar-refractivity contribution in [1.82, 2.24) is 5.32 Å². The van der Waals surface area contributed by atoms with E-state index < -0.39 is 30.4 Å². The lowest BCUT2D eigenvalue weighted by Gasteiger charge is -2.32. The number of carbonyl (C=O) groups excluding carboxylic acids is 1. The van der Waals surface area contributed by atoms with Gasteiger partial charge in [0.15, 0.2) is 18.1 Å². The van der Waals surface area contributed by atoms with E-state index in [2.05, 4.69) is 4.74 Å². The van der Waals surface area contributed by atoms with Crippen LogP contribution in [0.2, 0.25) is 0 Å². The molecule has 104 valence electrons. The normalized spacial score (nSPS) is 21.4. The SMILES string of the molecule is CCOc1cccc([C@@H]2NC(=O)OCC2(F)F)c1O. The molecule has 0 radical (unpaired) electrons. The lowest BCUT2D eigenvalue weighted by atomic mass is 9.98. The highest BCUT2D eigenvalue weighted by Gasteiger charge is 2.48. The Morgan fingerprint density at radius 1 is 1.58 bits per heavy atom. The molecule has 0 unspecified atom stereocenters. The van der Waals surface area contributed by atoms with E-state index in [1.54, 1.807) is 6.92 Å². The molecule has 1 aromatic carbocycles. The number of aromatic hydroxyl groups is 1. The highest BCUT2D eigenvalue weighted by molar-refractivity contribution is 5.69. The number of hydrogen-bond donors (Lipinski definition) is 2. The number of nitrogens with one attached hydrogen (secondary N) is 1. The Balaban J connectivity index is 2.39. The molecule has 1 aromatic rings. The quantitative estimate of drug-likeness (QED) is 0.886. The molecule has 1 aliphatic heterocycles. The van der Waals surface area contributed by atoms with Gasteiger partial charge in [0, 0.05) is 5.56 Å². The number of phenolic OH excluding ortho intramolecular Hbond substituents is 1. The smallest absolute Gasteiger partial charge is 0.408 e. The third-order valence-electron chi connectivity index (χ3n) is 2.72. The van der Waals surface area contributed by atoms with Crippen molar-refractivity contribution in [1.29, 1.82) is 0 Å². The summed E-state index contributed by atoms with van der Waals surface area (Å²) in [5.74, 6) is -3.62. The molecule has 1 amide bonds. The van der Waals surface area contributed by atoms with Crippen LogP contribution in [0.25, 0.3) is 0 Å². The number of para-hydroxylation sites is 1. The van der Waals surface area contributed by atoms with Gasteiger partial charge in [0.05, 0.1) is 6.61 Å². The molecule has 1 fully saturated rings. The Kier molecular flexibility index (Phi) is 3.46. The highest BCUT2D eigenvalue weighted by Crippen LogP contribution is 2.41. The number of halogens is 2. The largest absolute Gasteiger partial charge is 0.504 e. The number of amides is 1. The Morgan fingerprint density at radius 2 is 2.32 bits per heavy atom. The molecule has 19 heavy (non-hydrogen) atoms. The minimum Gasteiger partial charge on any atom is -0.504 e. The lowest BCUT2D eigenvalue weighted by Crippen LogP contribution is -2.49. The Hall–Kier alpha value is -2.05. The number of hydrogen-bond acceptors (Lipinski definition) is 4. The molecule has 0 spiro atoms. The topological polar surface area (TPSA) is 67.8 Å². The average molecular weight is 273 g/mol. The highest BCUT2D eigenvalue weighted by atomic mass is 19.3. The summed E-state index contributed by atoms with van der Waals surface area (Å²) >= 11 is 0. The van der Waals surface area contributed by atoms with Crippen LogP contribution >= 0.6 is 0 Å². The molecule has 0 aromatic heterocycles. The van der Waals surface area contributed by atoms with Crippen LogP contribution in [0, 0.1) is 0 Å². The standard InChI is InChI=1S/C12H13F2NO4/c1-2-18-8-5-3-4-7(9(8)16)10-12(13,14)6-19-11(17)15-10/h3-5,10,16H,2,6H2,1H3,(H,15,17)/t10-/m0/s1. The van der Waals surface area contributed by atoms with Crippen molar-refractivity contribution in [2.45, 2.75) is 18.9 Å². The van der Waals surface area contributed by atoms with Gasteiger partial charge >= 0.3 is 12.0 Å². The number of benzene rings is 1. The van der Waals surface area contributed by atoms with Crippen LogP contribution in [-0.4, -0.2) is 30.3 Å². The van der Waals surface area contributed by atoms with Crippen LogP contribution in [0.1, 0.15) is 18.5 Å². The van der Waals surface area contributed by atoms with Gasteiger partial charge in [-0.15, -0.1) is 0 Å². The minimum atomic E-state index is -3.31. The molecule has 2 rings (SSSR count). The summed E-state index contributed by atoms with van der Waals surface area (Å²) in [4.78, 5) is 11.1. The van der Waals surface area contributed by atoms with Gasteiger partial charge in [-0.1, -0.05) is 12.1 Å². The first kappa shape index (κ1) is 13.4. The van der Waals surface area contributed by atoms with E-state index in [-0.39, 0.29) is 17.9 Å². The minimum absolute atomic E-state index is 0.0940. The summed E-state index contributed by atoms with van der Waals surface area (Å²) in [5, 5.41) is 11.9. The van der Waals surface area contributed by atoms with E-state index in [0.29, 0.717) is 0 Å². The van der Waals surface area contributed by atoms with Crippen LogP contribution in [0.15, 0.2) is 18.2 Å². The third-order valence-corrected chi connectivity index (χ3v) is 2.72. The van der Waals surface area contributed by atoms with Crippen molar-refractivity contribution >= 4 is 6.09 Å². The second-order valence-corrected chi connectivity index (χ2v) is 4.04. The first-order valence-corrected chi connectivity index (χ1v) is 5.71. The maximum Gasteiger partial charge on any atom is 0.408 e. The van der Waals surface area contributed by atoms with Gasteiger partial charge in [-0.05, 0) is 13.0 Å². The van der Waals surface area contributed by atoms with Gasteiger partial charge in [-0.3, -0.25) is 0 Å². The van der Waals surface area contributed by atoms with Crippen LogP contribution in [-0.2, 0) is 4.74 Å². The fourth-order valence-electron chi connectivity index (χ4n) is 1.86. The van der Waals surface area contributed by atoms with E-state index in [1.807, 2.05) is 5.32 Å². The van der Waals surface area contributed by atoms with E-state index in [1.165, 1.54) is 18.2 Å². The monoisotopic (exact) mass is 273 g/mol. The Morgan fingerprint density at radius 3 is 3.00 bits per heavy atom. The molecule has 5 nitrogen and oxygen atoms in total. The second kappa shape index (κ2) is 4.91. The zero-order valence-electron chi connectivity index (χ0n) is 10.2. The molecule has 1 heterocycles. The first-order chi connectivity index (χ1) is 8.95. The fraction of sp³-hybridized carbons (Fsp3) is 0.417. The molecule has 0 bridgehead atoms. The summed E-state index contributed by atoms with van der Waals surface area (Å²) in [6.07, 6.45) is -0.947. The van der Waals surface area contributed by atoms with Gasteiger partial charge in [-0.2, -0.15) is 0 Å². The van der Waals surface area contributed by atoms with E-state index >= 15 is 0 Å². The van der Waals surface area contributed by atoms with E-state index in [4.69, 9.17) is 4.74 Å². The maximum absolute atomic E-state index is 13.7. The summed E-state index contributed by atoms with van der Waals surface area (Å²) in [6, 6.07) is 2.59. The number of ether oxygens (including phenoxy) is 2. The zero-order chi connectivity index (χ0) is 14.0. The molecule has 0 aliphatic carbocycles. The van der Waals surface area contributed by atoms with Crippen molar-refractivity contribution in [3.63, 3.8) is 0 Å². The summed E-state index contributed by atoms with van der Waals surface area (Å²) in [6.45, 7) is 0.965. The van der Waals surface area contributed by atoms with Crippen LogP contribution in [0.4, 0.5) is 13.6 Å². The molecule has 1 atom stereocenters. The Labute approximate surface area is 108 Å². The van der Waals surface area contributed by atoms with Crippen molar-refractivity contribution in [3.05, 3.63) is 23.8 Å². The number of alkyl halides is 2. The molecule has 1 aliphatic rings. The summed E-state index contributed by atoms with van der Waals surface area (Å²) in [5.41, 5.74) is -0.104. The van der Waals surface area contributed by atoms with Gasteiger partial charge in [0.1, 0.15) is 6.04 Å². The van der Waals surface area contributed by atoms with Crippen LogP contribution < -0.4 is 10.1 Å². The molecule has 0 saturated carbocycles. The Bertz CT molecular complexity index is 493. The number of cyclic esters (lactones) is 1. The summed E-state index contributed by atoms with van der Waals surface area (Å²) in [7, 11) is 0. The number of rotatable bonds is 3. The van der Waals surface area contributed by atoms with Gasteiger partial charge < -0.3 is 19.9 Å². The number of carbonyl (C=O) groups is 1. The number of alkyl carbamates (subject to hydrolysis) is 1. The predicted octanol–water partition coefficient (Wildman–Crippen LogP) is 2.21. The van der Waals surface area contributed by atoms with E-state index in [0.717, 1.165) is 0 Å². The van der Waals surface area contributed by atoms with Gasteiger partial charge in [0.25, 0.3) is 0 Å². The van der Waals surface area contributed by atoms with Crippen LogP contribution in [0.3, 0.4) is 0 Å². The first-order valence-electron chi connectivity index (χ1n) is 5.71. The van der Waals surface area contributed by atoms with Crippen molar-refractivity contribution < 1.29 is 28.2 Å². The fourth-order valence-corrected chi connectivity index (χ4v) is 1.86. The van der Waals surface area contributed by atoms with Crippen molar-refractivity contribution in [2.75, 3.05) is 13.2 Å². The zero-order valence-corrected chi connectivity index (χ0v) is 10.2. The molecule has 1 saturated heterocycles. The average Bonchev–Trinajstić information content (AvgIpc) is 2.36. The van der Waals surface area contributed by atoms with Crippen molar-refractivity contribution in [3.8, 4) is 11.5 Å². The molecular weight excluding hydrogens is 260 g/mol. The van der Waals surface area contributed by atoms with Gasteiger partial charge in [-0.25, -0.2) is 13.6 Å². The molecular formula is C12H13F2NO4. The van der Waals surface area contributed by atoms with Crippen molar-refractivity contribution in [2.24, 2.45) is 0 Å². The molecule has 7 heteroatoms. The number of phenols is 1. The third kappa shape index (κ3) is 2.54. The lowest BCUT2D eigenvalue weighted by molar-refractivity contribution is -0.104.